The van der Waals surface area contributed by atoms with Gasteiger partial charge in [-0.2, -0.15) is 14.6 Å². The average Bonchev–Trinajstić information content (AvgIpc) is 2.85. The molecule has 0 saturated carbocycles. The van der Waals surface area contributed by atoms with Gasteiger partial charge >= 0.3 is 0 Å². The first-order valence-corrected chi connectivity index (χ1v) is 12.2. The zero-order chi connectivity index (χ0) is 24.8. The van der Waals surface area contributed by atoms with Gasteiger partial charge in [-0.15, -0.1) is 0 Å². The molecule has 0 atom stereocenters. The molecule has 0 radical (unpaired) electrons. The Bertz CT molecular complexity index is 1340. The first kappa shape index (κ1) is 24.3. The minimum Gasteiger partial charge on any atom is -0.479 e. The van der Waals surface area contributed by atoms with E-state index in [0.717, 1.165) is 6.20 Å². The van der Waals surface area contributed by atoms with Crippen LogP contribution < -0.4 is 15.4 Å². The lowest BCUT2D eigenvalue weighted by Gasteiger charge is -2.31. The van der Waals surface area contributed by atoms with Crippen molar-refractivity contribution in [2.45, 2.75) is 4.90 Å². The molecule has 1 fully saturated rings. The first-order chi connectivity index (χ1) is 16.8. The molecule has 4 rings (SSSR count). The van der Waals surface area contributed by atoms with Crippen molar-refractivity contribution >= 4 is 33.2 Å². The molecule has 2 N–H and O–H groups in total. The summed E-state index contributed by atoms with van der Waals surface area (Å²) >= 11 is 0. The van der Waals surface area contributed by atoms with E-state index in [2.05, 4.69) is 25.5 Å². The highest BCUT2D eigenvalue weighted by atomic mass is 32.2. The number of hydrogen-bond acceptors (Lipinski definition) is 9. The van der Waals surface area contributed by atoms with Gasteiger partial charge in [0, 0.05) is 43.6 Å². The van der Waals surface area contributed by atoms with Gasteiger partial charge in [0.1, 0.15) is 11.8 Å². The Kier molecular flexibility index (Phi) is 7.40. The number of rotatable bonds is 8. The quantitative estimate of drug-likeness (QED) is 0.483. The van der Waals surface area contributed by atoms with Crippen LogP contribution in [0.2, 0.25) is 0 Å². The third-order valence-electron chi connectivity index (χ3n) is 5.33. The summed E-state index contributed by atoms with van der Waals surface area (Å²) in [7, 11) is -1.69. The fourth-order valence-electron chi connectivity index (χ4n) is 3.47. The van der Waals surface area contributed by atoms with Gasteiger partial charge < -0.3 is 20.3 Å². The molecule has 0 bridgehead atoms. The number of halogens is 1. The van der Waals surface area contributed by atoms with E-state index in [4.69, 9.17) is 10.00 Å². The van der Waals surface area contributed by atoms with Gasteiger partial charge in [0.2, 0.25) is 16.0 Å². The summed E-state index contributed by atoms with van der Waals surface area (Å²) in [5, 5.41) is 14.5. The van der Waals surface area contributed by atoms with Crippen LogP contribution in [0.5, 0.6) is 5.75 Å². The van der Waals surface area contributed by atoms with Gasteiger partial charge in [0.25, 0.3) is 0 Å². The van der Waals surface area contributed by atoms with E-state index in [1.807, 2.05) is 13.1 Å². The number of piperazine rings is 1. The van der Waals surface area contributed by atoms with Crippen molar-refractivity contribution < 1.29 is 17.5 Å². The number of benzene rings is 2. The Balaban J connectivity index is 1.51. The molecule has 0 unspecified atom stereocenters. The van der Waals surface area contributed by atoms with Gasteiger partial charge in [-0.3, -0.25) is 0 Å². The zero-order valence-corrected chi connectivity index (χ0v) is 19.8. The molecule has 2 aromatic carbocycles. The molecule has 12 heteroatoms. The maximum atomic E-state index is 14.4. The Hall–Kier alpha value is -3.79. The molecule has 35 heavy (non-hydrogen) atoms. The van der Waals surface area contributed by atoms with Crippen molar-refractivity contribution in [3.8, 4) is 11.8 Å². The van der Waals surface area contributed by atoms with E-state index in [-0.39, 0.29) is 23.3 Å². The van der Waals surface area contributed by atoms with Crippen LogP contribution in [-0.2, 0) is 10.0 Å². The number of nitrogens with zero attached hydrogens (tertiary/aromatic N) is 5. The second-order valence-electron chi connectivity index (χ2n) is 7.85. The van der Waals surface area contributed by atoms with Crippen molar-refractivity contribution in [2.24, 2.45) is 0 Å². The minimum absolute atomic E-state index is 0.0823. The maximum Gasteiger partial charge on any atom is 0.243 e. The lowest BCUT2D eigenvalue weighted by molar-refractivity contribution is 0.222. The monoisotopic (exact) mass is 497 g/mol. The summed E-state index contributed by atoms with van der Waals surface area (Å²) in [6.07, 6.45) is 1.01. The van der Waals surface area contributed by atoms with E-state index in [9.17, 15) is 12.8 Å². The molecule has 3 aromatic rings. The second-order valence-corrected chi connectivity index (χ2v) is 9.79. The molecule has 0 amide bonds. The van der Waals surface area contributed by atoms with Crippen molar-refractivity contribution in [3.05, 3.63) is 60.5 Å². The predicted molar refractivity (Wildman–Crippen MR) is 129 cm³/mol. The number of ether oxygens (including phenoxy) is 1. The normalized spacial score (nSPS) is 14.8. The van der Waals surface area contributed by atoms with Crippen LogP contribution in [0.3, 0.4) is 0 Å². The first-order valence-electron chi connectivity index (χ1n) is 10.8. The highest BCUT2D eigenvalue weighted by molar-refractivity contribution is 7.89. The second kappa shape index (κ2) is 10.6. The Morgan fingerprint density at radius 1 is 1.09 bits per heavy atom. The van der Waals surface area contributed by atoms with Crippen LogP contribution in [0.25, 0.3) is 0 Å². The Morgan fingerprint density at radius 2 is 1.80 bits per heavy atom. The fourth-order valence-corrected chi connectivity index (χ4v) is 4.94. The van der Waals surface area contributed by atoms with Crippen molar-refractivity contribution in [1.82, 2.24) is 19.2 Å². The lowest BCUT2D eigenvalue weighted by Crippen LogP contribution is -2.47. The van der Waals surface area contributed by atoms with Gasteiger partial charge in [-0.1, -0.05) is 12.1 Å². The molecule has 0 spiro atoms. The molecule has 182 valence electrons. The van der Waals surface area contributed by atoms with Crippen molar-refractivity contribution in [3.63, 3.8) is 0 Å². The molecular formula is C23H24FN7O3S. The zero-order valence-electron chi connectivity index (χ0n) is 19.0. The summed E-state index contributed by atoms with van der Waals surface area (Å²) in [4.78, 5) is 10.4. The standard InChI is InChI=1S/C23H24FN7O3S/c1-30-9-11-31(12-10-30)35(32,33)20-7-3-5-18(15-20)28-23-26-16-21(24)22(29-23)27-17-4-2-6-19(14-17)34-13-8-25/h2-7,14-16H,9-13H2,1H3,(H2,26,27,28,29). The van der Waals surface area contributed by atoms with Gasteiger partial charge in [-0.05, 0) is 37.4 Å². The molecule has 1 aliphatic rings. The number of aromatic nitrogens is 2. The molecule has 1 aromatic heterocycles. The summed E-state index contributed by atoms with van der Waals surface area (Å²) in [6.45, 7) is 2.08. The van der Waals surface area contributed by atoms with Crippen molar-refractivity contribution in [2.75, 3.05) is 50.5 Å². The van der Waals surface area contributed by atoms with Crippen molar-refractivity contribution in [1.29, 1.82) is 5.26 Å². The third-order valence-corrected chi connectivity index (χ3v) is 7.23. The SMILES string of the molecule is CN1CCN(S(=O)(=O)c2cccc(Nc3ncc(F)c(Nc4cccc(OCC#N)c4)n3)c2)CC1. The minimum atomic E-state index is -3.65. The largest absolute Gasteiger partial charge is 0.479 e. The highest BCUT2D eigenvalue weighted by Gasteiger charge is 2.27. The highest BCUT2D eigenvalue weighted by Crippen LogP contribution is 2.25. The topological polar surface area (TPSA) is 123 Å². The van der Waals surface area contributed by atoms with Crippen LogP contribution in [0, 0.1) is 17.1 Å². The summed E-state index contributed by atoms with van der Waals surface area (Å²) < 4.78 is 47.2. The molecule has 0 aliphatic carbocycles. The maximum absolute atomic E-state index is 14.4. The number of nitriles is 1. The number of nitrogens with one attached hydrogen (secondary N) is 2. The van der Waals surface area contributed by atoms with E-state index in [1.54, 1.807) is 42.5 Å². The van der Waals surface area contributed by atoms with Gasteiger partial charge in [0.15, 0.2) is 18.2 Å². The number of likely N-dealkylation sites (N-methyl/N-ethyl adjacent to an activating group) is 1. The van der Waals surface area contributed by atoms with Crippen LogP contribution in [0.15, 0.2) is 59.6 Å². The van der Waals surface area contributed by atoms with Gasteiger partial charge in [0.05, 0.1) is 11.1 Å². The Labute approximate surface area is 203 Å². The molecule has 2 heterocycles. The smallest absolute Gasteiger partial charge is 0.243 e. The summed E-state index contributed by atoms with van der Waals surface area (Å²) in [6, 6.07) is 14.9. The van der Waals surface area contributed by atoms with Crippen LogP contribution in [-0.4, -0.2) is 67.4 Å². The van der Waals surface area contributed by atoms with E-state index in [0.29, 0.717) is 43.3 Å². The molecule has 1 saturated heterocycles. The van der Waals surface area contributed by atoms with E-state index >= 15 is 0 Å². The van der Waals surface area contributed by atoms with E-state index in [1.165, 1.54) is 10.4 Å². The third kappa shape index (κ3) is 6.02. The summed E-state index contributed by atoms with van der Waals surface area (Å²) in [5.74, 6) is -0.228. The van der Waals surface area contributed by atoms with Crippen LogP contribution >= 0.6 is 0 Å². The Morgan fingerprint density at radius 3 is 2.54 bits per heavy atom. The molecule has 1 aliphatic heterocycles. The molecule has 10 nitrogen and oxygen atoms in total. The van der Waals surface area contributed by atoms with Gasteiger partial charge in [-0.25, -0.2) is 17.8 Å². The predicted octanol–water partition coefficient (Wildman–Crippen LogP) is 2.94. The number of hydrogen-bond donors (Lipinski definition) is 2. The van der Waals surface area contributed by atoms with Crippen LogP contribution in [0.1, 0.15) is 0 Å². The summed E-state index contributed by atoms with van der Waals surface area (Å²) in [5.41, 5.74) is 0.953. The molecular weight excluding hydrogens is 473 g/mol. The average molecular weight is 498 g/mol. The number of anilines is 4. The fraction of sp³-hybridized carbons (Fsp3) is 0.261. The van der Waals surface area contributed by atoms with E-state index < -0.39 is 15.8 Å². The lowest BCUT2D eigenvalue weighted by atomic mass is 10.3. The van der Waals surface area contributed by atoms with Crippen LogP contribution in [0.4, 0.5) is 27.5 Å². The number of sulfonamides is 1.